The van der Waals surface area contributed by atoms with Crippen molar-refractivity contribution in [3.8, 4) is 0 Å². The van der Waals surface area contributed by atoms with E-state index in [1.807, 2.05) is 0 Å². The van der Waals surface area contributed by atoms with Gasteiger partial charge in [-0.15, -0.1) is 0 Å². The quantitative estimate of drug-likeness (QED) is 0.855. The molecule has 0 bridgehead atoms. The molecule has 0 aromatic heterocycles. The fourth-order valence-electron chi connectivity index (χ4n) is 2.94. The number of rotatable bonds is 6. The van der Waals surface area contributed by atoms with E-state index in [9.17, 15) is 22.0 Å². The van der Waals surface area contributed by atoms with Gasteiger partial charge in [0.2, 0.25) is 10.0 Å². The molecule has 0 atom stereocenters. The van der Waals surface area contributed by atoms with Crippen LogP contribution >= 0.6 is 0 Å². The van der Waals surface area contributed by atoms with Crippen LogP contribution in [0.2, 0.25) is 0 Å². The molecular formula is C15H20F2N2O3S. The molecule has 0 aliphatic heterocycles. The molecule has 1 aromatic rings. The van der Waals surface area contributed by atoms with E-state index in [0.717, 1.165) is 16.9 Å². The number of fused-ring (bicyclic) bond motifs is 1. The number of primary sulfonamides is 1. The molecule has 0 unspecified atom stereocenters. The molecule has 0 fully saturated rings. The number of aryl methyl sites for hydroxylation is 1. The molecule has 0 saturated heterocycles. The summed E-state index contributed by atoms with van der Waals surface area (Å²) in [6.45, 7) is 1.30. The van der Waals surface area contributed by atoms with Crippen LogP contribution in [0.4, 0.5) is 8.78 Å². The molecule has 2 N–H and O–H groups in total. The second-order valence-electron chi connectivity index (χ2n) is 5.65. The van der Waals surface area contributed by atoms with Gasteiger partial charge in [0.15, 0.2) is 0 Å². The van der Waals surface area contributed by atoms with Gasteiger partial charge in [-0.05, 0) is 48.9 Å². The lowest BCUT2D eigenvalue weighted by atomic mass is 10.1. The minimum absolute atomic E-state index is 0.0654. The van der Waals surface area contributed by atoms with E-state index in [-0.39, 0.29) is 17.0 Å². The molecule has 0 radical (unpaired) electrons. The number of nitrogens with two attached hydrogens (primary N) is 1. The van der Waals surface area contributed by atoms with Crippen molar-refractivity contribution in [2.75, 3.05) is 13.1 Å². The lowest BCUT2D eigenvalue weighted by Crippen LogP contribution is -2.36. The first kappa shape index (κ1) is 17.8. The van der Waals surface area contributed by atoms with Crippen molar-refractivity contribution in [3.05, 3.63) is 28.8 Å². The van der Waals surface area contributed by atoms with Crippen LogP contribution in [0.15, 0.2) is 17.0 Å². The largest absolute Gasteiger partial charge is 0.333 e. The highest BCUT2D eigenvalue weighted by atomic mass is 32.2. The topological polar surface area (TPSA) is 80.5 Å². The number of nitrogens with zero attached hydrogens (tertiary/aromatic N) is 1. The molecule has 5 nitrogen and oxygen atoms in total. The molecule has 8 heteroatoms. The molecule has 1 amide bonds. The van der Waals surface area contributed by atoms with Crippen molar-refractivity contribution < 1.29 is 22.0 Å². The van der Waals surface area contributed by atoms with E-state index in [1.165, 1.54) is 6.07 Å². The van der Waals surface area contributed by atoms with Gasteiger partial charge in [0, 0.05) is 12.1 Å². The molecule has 0 heterocycles. The fourth-order valence-corrected chi connectivity index (χ4v) is 3.81. The van der Waals surface area contributed by atoms with Crippen LogP contribution in [0.25, 0.3) is 0 Å². The Balaban J connectivity index is 2.44. The van der Waals surface area contributed by atoms with E-state index in [4.69, 9.17) is 5.14 Å². The maximum absolute atomic E-state index is 12.7. The number of hydrogen-bond acceptors (Lipinski definition) is 3. The number of halogens is 2. The van der Waals surface area contributed by atoms with Gasteiger partial charge in [0.05, 0.1) is 11.4 Å². The zero-order valence-electron chi connectivity index (χ0n) is 12.9. The number of sulfonamides is 1. The van der Waals surface area contributed by atoms with Crippen LogP contribution in [0.3, 0.4) is 0 Å². The second kappa shape index (κ2) is 6.92. The maximum Gasteiger partial charge on any atom is 0.255 e. The molecule has 1 aliphatic rings. The first-order valence-electron chi connectivity index (χ1n) is 7.50. The Kier molecular flexibility index (Phi) is 5.36. The van der Waals surface area contributed by atoms with Crippen LogP contribution in [-0.4, -0.2) is 38.7 Å². The monoisotopic (exact) mass is 346 g/mol. The highest BCUT2D eigenvalue weighted by Crippen LogP contribution is 2.30. The zero-order valence-corrected chi connectivity index (χ0v) is 13.7. The van der Waals surface area contributed by atoms with Crippen molar-refractivity contribution in [1.29, 1.82) is 0 Å². The SMILES string of the molecule is CCCN(CC(F)F)C(=O)c1cc2c(c(S(N)(=O)=O)c1)CCC2. The minimum Gasteiger partial charge on any atom is -0.333 e. The average Bonchev–Trinajstić information content (AvgIpc) is 2.91. The predicted molar refractivity (Wildman–Crippen MR) is 82.0 cm³/mol. The highest BCUT2D eigenvalue weighted by Gasteiger charge is 2.26. The van der Waals surface area contributed by atoms with E-state index in [0.29, 0.717) is 24.8 Å². The van der Waals surface area contributed by atoms with Gasteiger partial charge in [-0.1, -0.05) is 6.92 Å². The van der Waals surface area contributed by atoms with Crippen LogP contribution < -0.4 is 5.14 Å². The van der Waals surface area contributed by atoms with E-state index >= 15 is 0 Å². The smallest absolute Gasteiger partial charge is 0.255 e. The lowest BCUT2D eigenvalue weighted by Gasteiger charge is -2.22. The number of alkyl halides is 2. The summed E-state index contributed by atoms with van der Waals surface area (Å²) < 4.78 is 48.9. The Hall–Kier alpha value is -1.54. The molecule has 0 saturated carbocycles. The number of amides is 1. The summed E-state index contributed by atoms with van der Waals surface area (Å²) in [7, 11) is -3.96. The summed E-state index contributed by atoms with van der Waals surface area (Å²) in [5.41, 5.74) is 1.50. The van der Waals surface area contributed by atoms with Crippen molar-refractivity contribution >= 4 is 15.9 Å². The first-order chi connectivity index (χ1) is 10.7. The minimum atomic E-state index is -3.96. The van der Waals surface area contributed by atoms with Gasteiger partial charge in [0.1, 0.15) is 0 Å². The first-order valence-corrected chi connectivity index (χ1v) is 9.04. The Bertz CT molecular complexity index is 705. The summed E-state index contributed by atoms with van der Waals surface area (Å²) in [4.78, 5) is 13.5. The Morgan fingerprint density at radius 3 is 2.61 bits per heavy atom. The van der Waals surface area contributed by atoms with Crippen molar-refractivity contribution in [1.82, 2.24) is 4.90 Å². The van der Waals surface area contributed by atoms with Gasteiger partial charge in [-0.3, -0.25) is 4.79 Å². The molecule has 0 spiro atoms. The van der Waals surface area contributed by atoms with Gasteiger partial charge in [-0.2, -0.15) is 0 Å². The molecule has 2 rings (SSSR count). The van der Waals surface area contributed by atoms with E-state index in [1.54, 1.807) is 13.0 Å². The molecule has 1 aromatic carbocycles. The van der Waals surface area contributed by atoms with Crippen LogP contribution in [-0.2, 0) is 22.9 Å². The number of carbonyl (C=O) groups is 1. The number of hydrogen-bond donors (Lipinski definition) is 1. The molecule has 23 heavy (non-hydrogen) atoms. The summed E-state index contributed by atoms with van der Waals surface area (Å²) >= 11 is 0. The van der Waals surface area contributed by atoms with Gasteiger partial charge in [0.25, 0.3) is 12.3 Å². The third kappa shape index (κ3) is 4.06. The number of carbonyl (C=O) groups excluding carboxylic acids is 1. The van der Waals surface area contributed by atoms with Crippen molar-refractivity contribution in [2.45, 2.75) is 43.9 Å². The summed E-state index contributed by atoms with van der Waals surface area (Å²) in [5.74, 6) is -0.591. The average molecular weight is 346 g/mol. The summed E-state index contributed by atoms with van der Waals surface area (Å²) in [6, 6.07) is 2.82. The molecule has 1 aliphatic carbocycles. The molecular weight excluding hydrogens is 326 g/mol. The van der Waals surface area contributed by atoms with Gasteiger partial charge in [-0.25, -0.2) is 22.3 Å². The third-order valence-electron chi connectivity index (χ3n) is 3.87. The van der Waals surface area contributed by atoms with Crippen LogP contribution in [0.5, 0.6) is 0 Å². The van der Waals surface area contributed by atoms with Crippen LogP contribution in [0, 0.1) is 0 Å². The summed E-state index contributed by atoms with van der Waals surface area (Å²) in [6.07, 6.45) is -0.0820. The fraction of sp³-hybridized carbons (Fsp3) is 0.533. The zero-order chi connectivity index (χ0) is 17.2. The third-order valence-corrected chi connectivity index (χ3v) is 4.84. The highest BCUT2D eigenvalue weighted by molar-refractivity contribution is 7.89. The van der Waals surface area contributed by atoms with E-state index in [2.05, 4.69) is 0 Å². The lowest BCUT2D eigenvalue weighted by molar-refractivity contribution is 0.0555. The number of benzene rings is 1. The molecule has 128 valence electrons. The Morgan fingerprint density at radius 2 is 2.04 bits per heavy atom. The standard InChI is InChI=1S/C15H20F2N2O3S/c1-2-6-19(9-14(16)17)15(20)11-7-10-4-3-5-12(10)13(8-11)23(18,21)22/h7-8,14H,2-6,9H2,1H3,(H2,18,21,22). The van der Waals surface area contributed by atoms with Gasteiger partial charge >= 0.3 is 0 Å². The Labute approximate surface area is 134 Å². The van der Waals surface area contributed by atoms with Gasteiger partial charge < -0.3 is 4.90 Å². The van der Waals surface area contributed by atoms with Crippen molar-refractivity contribution in [3.63, 3.8) is 0 Å². The predicted octanol–water partition coefficient (Wildman–Crippen LogP) is 1.94. The normalized spacial score (nSPS) is 14.1. The maximum atomic E-state index is 12.7. The van der Waals surface area contributed by atoms with Crippen LogP contribution in [0.1, 0.15) is 41.3 Å². The second-order valence-corrected chi connectivity index (χ2v) is 7.18. The Morgan fingerprint density at radius 1 is 1.35 bits per heavy atom. The van der Waals surface area contributed by atoms with E-state index < -0.39 is 28.9 Å². The summed E-state index contributed by atoms with van der Waals surface area (Å²) in [5, 5.41) is 5.24. The van der Waals surface area contributed by atoms with Crippen molar-refractivity contribution in [2.24, 2.45) is 5.14 Å².